The molecule has 0 saturated carbocycles. The molecule has 1 aliphatic rings. The summed E-state index contributed by atoms with van der Waals surface area (Å²) in [5, 5.41) is 3.38. The number of ether oxygens (including phenoxy) is 1. The molecule has 1 aromatic heterocycles. The number of aryl methyl sites for hydroxylation is 1. The Morgan fingerprint density at radius 1 is 1.44 bits per heavy atom. The molecule has 1 aromatic rings. The van der Waals surface area contributed by atoms with Crippen molar-refractivity contribution in [3.05, 3.63) is 23.3 Å². The van der Waals surface area contributed by atoms with Gasteiger partial charge in [-0.05, 0) is 32.9 Å². The van der Waals surface area contributed by atoms with Crippen LogP contribution in [-0.2, 0) is 11.3 Å². The third-order valence-corrected chi connectivity index (χ3v) is 3.04. The molecule has 1 fully saturated rings. The second-order valence-electron chi connectivity index (χ2n) is 4.28. The van der Waals surface area contributed by atoms with Crippen molar-refractivity contribution in [1.29, 1.82) is 0 Å². The van der Waals surface area contributed by atoms with Gasteiger partial charge >= 0.3 is 0 Å². The molecule has 88 valence electrons. The Kier molecular flexibility index (Phi) is 3.85. The van der Waals surface area contributed by atoms with E-state index in [2.05, 4.69) is 15.3 Å². The van der Waals surface area contributed by atoms with Crippen molar-refractivity contribution in [3.63, 3.8) is 0 Å². The normalized spacial score (nSPS) is 17.6. The fraction of sp³-hybridized carbons (Fsp3) is 0.667. The average Bonchev–Trinajstić information content (AvgIpc) is 2.33. The highest BCUT2D eigenvalue weighted by Crippen LogP contribution is 2.26. The first-order valence-electron chi connectivity index (χ1n) is 5.83. The van der Waals surface area contributed by atoms with Crippen LogP contribution in [0.3, 0.4) is 0 Å². The first-order chi connectivity index (χ1) is 7.81. The van der Waals surface area contributed by atoms with Gasteiger partial charge in [-0.15, -0.1) is 0 Å². The van der Waals surface area contributed by atoms with Gasteiger partial charge < -0.3 is 10.1 Å². The molecule has 0 aliphatic carbocycles. The fourth-order valence-electron chi connectivity index (χ4n) is 2.23. The number of nitrogens with zero attached hydrogens (tertiary/aromatic N) is 2. The van der Waals surface area contributed by atoms with Crippen molar-refractivity contribution in [1.82, 2.24) is 15.3 Å². The highest BCUT2D eigenvalue weighted by molar-refractivity contribution is 5.21. The second kappa shape index (κ2) is 5.37. The van der Waals surface area contributed by atoms with Crippen LogP contribution in [0, 0.1) is 6.92 Å². The Balaban J connectivity index is 2.24. The van der Waals surface area contributed by atoms with E-state index in [1.165, 1.54) is 5.69 Å². The quantitative estimate of drug-likeness (QED) is 0.838. The predicted octanol–water partition coefficient (Wildman–Crippen LogP) is 1.40. The summed E-state index contributed by atoms with van der Waals surface area (Å²) in [6, 6.07) is 0. The fourth-order valence-corrected chi connectivity index (χ4v) is 2.23. The molecule has 0 aromatic carbocycles. The Morgan fingerprint density at radius 3 is 2.88 bits per heavy atom. The van der Waals surface area contributed by atoms with E-state index >= 15 is 0 Å². The summed E-state index contributed by atoms with van der Waals surface area (Å²) >= 11 is 0. The van der Waals surface area contributed by atoms with Crippen LogP contribution in [0.1, 0.15) is 35.8 Å². The van der Waals surface area contributed by atoms with E-state index in [0.717, 1.165) is 37.3 Å². The van der Waals surface area contributed by atoms with Gasteiger partial charge in [-0.25, -0.2) is 9.97 Å². The highest BCUT2D eigenvalue weighted by Gasteiger charge is 2.20. The van der Waals surface area contributed by atoms with Crippen LogP contribution in [0.15, 0.2) is 6.20 Å². The van der Waals surface area contributed by atoms with Gasteiger partial charge in [-0.2, -0.15) is 0 Å². The maximum Gasteiger partial charge on any atom is 0.125 e. The van der Waals surface area contributed by atoms with Crippen molar-refractivity contribution in [3.8, 4) is 0 Å². The van der Waals surface area contributed by atoms with Crippen molar-refractivity contribution < 1.29 is 4.74 Å². The molecule has 2 heterocycles. The van der Waals surface area contributed by atoms with E-state index in [1.807, 2.05) is 13.1 Å². The lowest BCUT2D eigenvalue weighted by molar-refractivity contribution is 0.182. The number of nitrogens with one attached hydrogen (secondary N) is 1. The van der Waals surface area contributed by atoms with Crippen molar-refractivity contribution in [2.24, 2.45) is 0 Å². The zero-order valence-electron chi connectivity index (χ0n) is 9.99. The van der Waals surface area contributed by atoms with E-state index in [9.17, 15) is 0 Å². The number of hydrogen-bond acceptors (Lipinski definition) is 4. The smallest absolute Gasteiger partial charge is 0.125 e. The van der Waals surface area contributed by atoms with Gasteiger partial charge in [0, 0.05) is 24.8 Å². The number of piperidine rings is 1. The number of aromatic nitrogens is 2. The van der Waals surface area contributed by atoms with Crippen molar-refractivity contribution in [2.75, 3.05) is 20.2 Å². The van der Waals surface area contributed by atoms with Gasteiger partial charge in [0.25, 0.3) is 0 Å². The van der Waals surface area contributed by atoms with Crippen molar-refractivity contribution in [2.45, 2.75) is 32.3 Å². The molecule has 1 N–H and O–H groups in total. The van der Waals surface area contributed by atoms with E-state index in [4.69, 9.17) is 4.74 Å². The maximum atomic E-state index is 5.20. The van der Waals surface area contributed by atoms with E-state index < -0.39 is 0 Å². The van der Waals surface area contributed by atoms with Crippen LogP contribution >= 0.6 is 0 Å². The van der Waals surface area contributed by atoms with E-state index in [1.54, 1.807) is 7.11 Å². The standard InChI is InChI=1S/C12H19N3O/c1-9-14-7-11(8-16-2)12(15-9)10-3-5-13-6-4-10/h7,10,13H,3-6,8H2,1-2H3. The molecule has 1 aliphatic heterocycles. The molecule has 0 amide bonds. The van der Waals surface area contributed by atoms with Crippen molar-refractivity contribution >= 4 is 0 Å². The predicted molar refractivity (Wildman–Crippen MR) is 62.3 cm³/mol. The van der Waals surface area contributed by atoms with Crippen LogP contribution in [0.25, 0.3) is 0 Å². The van der Waals surface area contributed by atoms with Gasteiger partial charge in [0.15, 0.2) is 0 Å². The van der Waals surface area contributed by atoms with Gasteiger partial charge in [-0.1, -0.05) is 0 Å². The van der Waals surface area contributed by atoms with E-state index in [-0.39, 0.29) is 0 Å². The summed E-state index contributed by atoms with van der Waals surface area (Å²) in [7, 11) is 1.71. The number of rotatable bonds is 3. The summed E-state index contributed by atoms with van der Waals surface area (Å²) < 4.78 is 5.20. The Hall–Kier alpha value is -1.00. The lowest BCUT2D eigenvalue weighted by atomic mass is 9.92. The Bertz CT molecular complexity index is 348. The summed E-state index contributed by atoms with van der Waals surface area (Å²) in [4.78, 5) is 8.84. The molecule has 0 atom stereocenters. The number of methoxy groups -OCH3 is 1. The van der Waals surface area contributed by atoms with Gasteiger partial charge in [-0.3, -0.25) is 0 Å². The first kappa shape index (κ1) is 11.5. The van der Waals surface area contributed by atoms with Gasteiger partial charge in [0.1, 0.15) is 5.82 Å². The molecule has 0 bridgehead atoms. The summed E-state index contributed by atoms with van der Waals surface area (Å²) in [6.45, 7) is 4.72. The highest BCUT2D eigenvalue weighted by atomic mass is 16.5. The van der Waals surface area contributed by atoms with Crippen LogP contribution in [0.5, 0.6) is 0 Å². The topological polar surface area (TPSA) is 47.0 Å². The Morgan fingerprint density at radius 2 is 2.19 bits per heavy atom. The lowest BCUT2D eigenvalue weighted by Gasteiger charge is -2.24. The molecule has 4 heteroatoms. The summed E-state index contributed by atoms with van der Waals surface area (Å²) in [5.74, 6) is 1.42. The third kappa shape index (κ3) is 2.57. The molecule has 0 radical (unpaired) electrons. The summed E-state index contributed by atoms with van der Waals surface area (Å²) in [5.41, 5.74) is 2.33. The molecule has 4 nitrogen and oxygen atoms in total. The Labute approximate surface area is 96.4 Å². The molecule has 1 saturated heterocycles. The molecule has 0 spiro atoms. The van der Waals surface area contributed by atoms with Gasteiger partial charge in [0.2, 0.25) is 0 Å². The van der Waals surface area contributed by atoms with Crippen LogP contribution < -0.4 is 5.32 Å². The molecule has 0 unspecified atom stereocenters. The lowest BCUT2D eigenvalue weighted by Crippen LogP contribution is -2.27. The molecule has 16 heavy (non-hydrogen) atoms. The minimum Gasteiger partial charge on any atom is -0.380 e. The van der Waals surface area contributed by atoms with Gasteiger partial charge in [0.05, 0.1) is 12.3 Å². The second-order valence-corrected chi connectivity index (χ2v) is 4.28. The zero-order chi connectivity index (χ0) is 11.4. The number of hydrogen-bond donors (Lipinski definition) is 1. The monoisotopic (exact) mass is 221 g/mol. The zero-order valence-corrected chi connectivity index (χ0v) is 9.99. The SMILES string of the molecule is COCc1cnc(C)nc1C1CCNCC1. The summed E-state index contributed by atoms with van der Waals surface area (Å²) in [6.07, 6.45) is 4.23. The first-order valence-corrected chi connectivity index (χ1v) is 5.83. The van der Waals surface area contributed by atoms with Crippen LogP contribution in [0.4, 0.5) is 0 Å². The minimum absolute atomic E-state index is 0.563. The van der Waals surface area contributed by atoms with Crippen LogP contribution in [0.2, 0.25) is 0 Å². The molecular weight excluding hydrogens is 202 g/mol. The maximum absolute atomic E-state index is 5.20. The minimum atomic E-state index is 0.563. The molecular formula is C12H19N3O. The van der Waals surface area contributed by atoms with Crippen LogP contribution in [-0.4, -0.2) is 30.2 Å². The van der Waals surface area contributed by atoms with E-state index in [0.29, 0.717) is 12.5 Å². The molecule has 2 rings (SSSR count). The largest absolute Gasteiger partial charge is 0.380 e. The third-order valence-electron chi connectivity index (χ3n) is 3.04. The average molecular weight is 221 g/mol.